The number of piperazine rings is 1. The summed E-state index contributed by atoms with van der Waals surface area (Å²) in [5, 5.41) is 15.8. The number of benzene rings is 2. The molecule has 69 heavy (non-hydrogen) atoms. The van der Waals surface area contributed by atoms with Gasteiger partial charge in [0.2, 0.25) is 11.8 Å². The molecule has 1 saturated carbocycles. The van der Waals surface area contributed by atoms with Gasteiger partial charge >= 0.3 is 5.69 Å². The topological polar surface area (TPSA) is 201 Å². The van der Waals surface area contributed by atoms with Gasteiger partial charge in [-0.25, -0.2) is 4.72 Å². The molecule has 2 aromatic carbocycles. The van der Waals surface area contributed by atoms with Crippen LogP contribution in [-0.4, -0.2) is 129 Å². The molecule has 5 aliphatic heterocycles. The largest absolute Gasteiger partial charge is 0.474 e. The van der Waals surface area contributed by atoms with Crippen LogP contribution >= 0.6 is 0 Å². The number of likely N-dealkylation sites (N-methyl/N-ethyl adjacent to an activating group) is 1. The molecule has 5 aromatic rings. The Balaban J connectivity index is 0.847. The minimum atomic E-state index is -4.76. The fourth-order valence-electron chi connectivity index (χ4n) is 11.8. The fourth-order valence-corrected chi connectivity index (χ4v) is 12.7. The van der Waals surface area contributed by atoms with Crippen molar-refractivity contribution >= 4 is 55.4 Å². The van der Waals surface area contributed by atoms with Gasteiger partial charge in [-0.3, -0.25) is 19.8 Å². The summed E-state index contributed by atoms with van der Waals surface area (Å²) in [5.41, 5.74) is 5.43. The summed E-state index contributed by atoms with van der Waals surface area (Å²) in [6, 6.07) is 19.9. The third-order valence-corrected chi connectivity index (χ3v) is 16.9. The quantitative estimate of drug-likeness (QED) is 0.0956. The zero-order valence-electron chi connectivity index (χ0n) is 39.4. The summed E-state index contributed by atoms with van der Waals surface area (Å²) >= 11 is 0. The molecule has 1 amide bonds. The van der Waals surface area contributed by atoms with Crippen molar-refractivity contribution in [1.82, 2.24) is 29.5 Å². The van der Waals surface area contributed by atoms with Crippen molar-refractivity contribution in [3.05, 3.63) is 93.7 Å². The van der Waals surface area contributed by atoms with Crippen LogP contribution in [-0.2, 0) is 14.8 Å². The predicted molar refractivity (Wildman–Crippen MR) is 261 cm³/mol. The smallest absolute Gasteiger partial charge is 0.300 e. The molecule has 364 valence electrons. The van der Waals surface area contributed by atoms with Crippen LogP contribution in [0, 0.1) is 21.4 Å². The number of pyridine rings is 2. The standard InChI is InChI=1S/C50H60N10O8S/c1-31(2)36-6-4-5-7-37(36)43-29-56(3)18-19-58(43)35-27-50(28-35)13-16-57(17-14-50)34-8-9-38(40(25-34)59-20-23-67-48-42(59)24-33-10-15-51-46(33)54-48)47(61)55-69(64,65)44-26-41(60(62)63)45-49(53-44)68-30-39(52-45)32-11-21-66-22-12-32/h4-10,15,24-26,31-32,35,39,43,52H,11-14,16-23,27-30H2,1-3H3,(H,51,54)(H,55,61)/t39-,43-/m0/s1. The number of nitro groups is 1. The summed E-state index contributed by atoms with van der Waals surface area (Å²) in [6.07, 6.45) is 7.76. The second-order valence-electron chi connectivity index (χ2n) is 20.1. The molecule has 3 aromatic heterocycles. The van der Waals surface area contributed by atoms with Crippen molar-refractivity contribution in [2.24, 2.45) is 11.3 Å². The monoisotopic (exact) mass is 960 g/mol. The van der Waals surface area contributed by atoms with E-state index in [1.165, 1.54) is 24.0 Å². The third kappa shape index (κ3) is 8.60. The van der Waals surface area contributed by atoms with Gasteiger partial charge in [0.05, 0.1) is 34.8 Å². The molecule has 19 heteroatoms. The first-order valence-electron chi connectivity index (χ1n) is 24.4. The van der Waals surface area contributed by atoms with Crippen molar-refractivity contribution < 1.29 is 32.3 Å². The van der Waals surface area contributed by atoms with E-state index < -0.39 is 31.6 Å². The Morgan fingerprint density at radius 2 is 1.72 bits per heavy atom. The summed E-state index contributed by atoms with van der Waals surface area (Å²) < 4.78 is 47.8. The van der Waals surface area contributed by atoms with Crippen LogP contribution in [0.3, 0.4) is 0 Å². The van der Waals surface area contributed by atoms with Crippen LogP contribution in [0.2, 0.25) is 0 Å². The van der Waals surface area contributed by atoms with Crippen LogP contribution in [0.1, 0.15) is 85.8 Å². The van der Waals surface area contributed by atoms with Crippen LogP contribution in [0.4, 0.5) is 28.4 Å². The number of hydrogen-bond acceptors (Lipinski definition) is 15. The van der Waals surface area contributed by atoms with E-state index in [-0.39, 0.29) is 47.7 Å². The molecule has 6 aliphatic rings. The normalized spacial score (nSPS) is 22.3. The molecule has 8 heterocycles. The number of nitrogens with one attached hydrogen (secondary N) is 3. The Labute approximate surface area is 401 Å². The molecule has 4 fully saturated rings. The van der Waals surface area contributed by atoms with Crippen molar-refractivity contribution in [2.75, 3.05) is 87.9 Å². The molecule has 0 radical (unpaired) electrons. The number of ether oxygens (including phenoxy) is 3. The Morgan fingerprint density at radius 3 is 2.51 bits per heavy atom. The second kappa shape index (κ2) is 18.1. The van der Waals surface area contributed by atoms with E-state index in [2.05, 4.69) is 79.9 Å². The van der Waals surface area contributed by atoms with Crippen molar-refractivity contribution in [1.29, 1.82) is 0 Å². The lowest BCUT2D eigenvalue weighted by Crippen LogP contribution is -2.59. The molecule has 1 spiro atoms. The first kappa shape index (κ1) is 45.4. The maximum absolute atomic E-state index is 14.5. The highest BCUT2D eigenvalue weighted by Crippen LogP contribution is 2.53. The van der Waals surface area contributed by atoms with Gasteiger partial charge in [0, 0.05) is 75.3 Å². The van der Waals surface area contributed by atoms with E-state index in [0.29, 0.717) is 60.7 Å². The molecule has 0 unspecified atom stereocenters. The summed E-state index contributed by atoms with van der Waals surface area (Å²) in [4.78, 5) is 47.8. The van der Waals surface area contributed by atoms with Gasteiger partial charge in [0.1, 0.15) is 24.5 Å². The molecule has 3 N–H and O–H groups in total. The molecule has 3 saturated heterocycles. The number of nitrogens with zero attached hydrogens (tertiary/aromatic N) is 7. The lowest BCUT2D eigenvalue weighted by atomic mass is 9.59. The molecule has 0 bridgehead atoms. The Morgan fingerprint density at radius 1 is 0.928 bits per heavy atom. The number of fused-ring (bicyclic) bond motifs is 3. The number of amides is 1. The second-order valence-corrected chi connectivity index (χ2v) is 21.8. The van der Waals surface area contributed by atoms with E-state index in [1.54, 1.807) is 12.3 Å². The summed E-state index contributed by atoms with van der Waals surface area (Å²) in [6.45, 7) is 11.4. The molecular formula is C50H60N10O8S. The number of aromatic amines is 1. The van der Waals surface area contributed by atoms with Gasteiger partial charge in [-0.2, -0.15) is 18.4 Å². The number of hydrogen-bond donors (Lipinski definition) is 3. The zero-order valence-corrected chi connectivity index (χ0v) is 40.2. The minimum Gasteiger partial charge on any atom is -0.474 e. The predicted octanol–water partition coefficient (Wildman–Crippen LogP) is 6.98. The van der Waals surface area contributed by atoms with Gasteiger partial charge in [0.25, 0.3) is 15.9 Å². The maximum atomic E-state index is 14.5. The SMILES string of the molecule is CC(C)c1ccccc1[C@@H]1CN(C)CCN1C1CC2(CCN(c3ccc(C(=O)NS(=O)(=O)c4cc([N+](=O)[O-])c5c(n4)OC[C@@H](C4CCOCC4)N5)c(N4CCOc5nc6[nH]ccc6cc54)c3)CC2)C1. The Kier molecular flexibility index (Phi) is 11.9. The van der Waals surface area contributed by atoms with Gasteiger partial charge in [0.15, 0.2) is 10.7 Å². The van der Waals surface area contributed by atoms with Crippen LogP contribution in [0.5, 0.6) is 11.8 Å². The van der Waals surface area contributed by atoms with Crippen molar-refractivity contribution in [3.8, 4) is 11.8 Å². The van der Waals surface area contributed by atoms with Gasteiger partial charge < -0.3 is 39.2 Å². The number of sulfonamides is 1. The lowest BCUT2D eigenvalue weighted by molar-refractivity contribution is -0.384. The average molecular weight is 961 g/mol. The highest BCUT2D eigenvalue weighted by molar-refractivity contribution is 7.90. The number of anilines is 4. The van der Waals surface area contributed by atoms with Crippen molar-refractivity contribution in [3.63, 3.8) is 0 Å². The summed E-state index contributed by atoms with van der Waals surface area (Å²) in [7, 11) is -2.52. The average Bonchev–Trinajstić information content (AvgIpc) is 3.81. The number of aromatic nitrogens is 3. The fraction of sp³-hybridized carbons (Fsp3) is 0.500. The minimum absolute atomic E-state index is 0.00898. The lowest BCUT2D eigenvalue weighted by Gasteiger charge is -2.58. The maximum Gasteiger partial charge on any atom is 0.300 e. The molecular weight excluding hydrogens is 901 g/mol. The van der Waals surface area contributed by atoms with E-state index in [9.17, 15) is 23.3 Å². The highest BCUT2D eigenvalue weighted by atomic mass is 32.2. The number of carbonyl (C=O) groups is 1. The number of piperidine rings is 1. The third-order valence-electron chi connectivity index (χ3n) is 15.6. The van der Waals surface area contributed by atoms with Gasteiger partial charge in [-0.15, -0.1) is 0 Å². The Bertz CT molecular complexity index is 2890. The van der Waals surface area contributed by atoms with Crippen LogP contribution < -0.4 is 29.3 Å². The van der Waals surface area contributed by atoms with Crippen LogP contribution in [0.15, 0.2) is 71.9 Å². The first-order valence-corrected chi connectivity index (χ1v) is 25.9. The van der Waals surface area contributed by atoms with Gasteiger partial charge in [-0.05, 0) is 104 Å². The number of carbonyl (C=O) groups excluding carboxylic acids is 1. The Hall–Kier alpha value is -6.02. The highest BCUT2D eigenvalue weighted by Gasteiger charge is 2.50. The summed E-state index contributed by atoms with van der Waals surface area (Å²) in [5.74, 6) is -0.136. The zero-order chi connectivity index (χ0) is 47.6. The van der Waals surface area contributed by atoms with E-state index in [1.807, 2.05) is 29.2 Å². The van der Waals surface area contributed by atoms with E-state index in [4.69, 9.17) is 19.2 Å². The molecule has 18 nitrogen and oxygen atoms in total. The molecule has 11 rings (SSSR count). The van der Waals surface area contributed by atoms with Crippen LogP contribution in [0.25, 0.3) is 11.0 Å². The molecule has 1 aliphatic carbocycles. The van der Waals surface area contributed by atoms with Gasteiger partial charge in [-0.1, -0.05) is 38.1 Å². The van der Waals surface area contributed by atoms with Crippen molar-refractivity contribution in [2.45, 2.75) is 81.4 Å². The number of H-pyrrole nitrogens is 1. The van der Waals surface area contributed by atoms with E-state index >= 15 is 0 Å². The molecule has 2 atom stereocenters. The number of rotatable bonds is 10. The van der Waals surface area contributed by atoms with E-state index in [0.717, 1.165) is 75.5 Å². The first-order chi connectivity index (χ1) is 33.3.